The van der Waals surface area contributed by atoms with E-state index in [1.165, 1.54) is 12.8 Å². The monoisotopic (exact) mass is 285 g/mol. The van der Waals surface area contributed by atoms with Gasteiger partial charge in [-0.3, -0.25) is 0 Å². The number of nitrogens with one attached hydrogen (secondary N) is 1. The molecule has 0 radical (unpaired) electrons. The lowest BCUT2D eigenvalue weighted by atomic mass is 10.0. The fourth-order valence-electron chi connectivity index (χ4n) is 2.41. The minimum Gasteiger partial charge on any atom is -0.493 e. The number of hydrogen-bond acceptors (Lipinski definition) is 2. The van der Waals surface area contributed by atoms with Crippen LogP contribution in [0.15, 0.2) is 42.5 Å². The summed E-state index contributed by atoms with van der Waals surface area (Å²) in [6.07, 6.45) is 2.41. The van der Waals surface area contributed by atoms with Gasteiger partial charge in [-0.1, -0.05) is 24.3 Å². The molecule has 0 aliphatic heterocycles. The number of rotatable bonds is 6. The predicted octanol–water partition coefficient (Wildman–Crippen LogP) is 4.14. The number of para-hydroxylation sites is 1. The second-order valence-electron chi connectivity index (χ2n) is 5.39. The van der Waals surface area contributed by atoms with E-state index in [2.05, 4.69) is 5.32 Å². The van der Waals surface area contributed by atoms with Crippen LogP contribution in [0.3, 0.4) is 0 Å². The molecular weight excluding hydrogens is 265 g/mol. The third-order valence-electron chi connectivity index (χ3n) is 3.70. The standard InChI is InChI=1S/C18H20FNO/c1-2-21-18-6-4-3-5-16(18)13-7-10-17(19)14(11-13)12-20-15-8-9-15/h3-7,10-11,15,20H,2,8-9,12H2,1H3. The Kier molecular flexibility index (Phi) is 4.20. The van der Waals surface area contributed by atoms with E-state index in [-0.39, 0.29) is 5.82 Å². The maximum Gasteiger partial charge on any atom is 0.127 e. The van der Waals surface area contributed by atoms with Crippen LogP contribution in [0.1, 0.15) is 25.3 Å². The molecule has 1 saturated carbocycles. The quantitative estimate of drug-likeness (QED) is 0.861. The van der Waals surface area contributed by atoms with E-state index in [9.17, 15) is 4.39 Å². The van der Waals surface area contributed by atoms with E-state index in [0.29, 0.717) is 24.8 Å². The third-order valence-corrected chi connectivity index (χ3v) is 3.70. The molecule has 1 fully saturated rings. The van der Waals surface area contributed by atoms with Gasteiger partial charge in [-0.25, -0.2) is 4.39 Å². The Hall–Kier alpha value is -1.87. The van der Waals surface area contributed by atoms with Crippen molar-refractivity contribution in [1.29, 1.82) is 0 Å². The Labute approximate surface area is 125 Å². The summed E-state index contributed by atoms with van der Waals surface area (Å²) in [5, 5.41) is 3.36. The van der Waals surface area contributed by atoms with Crippen LogP contribution >= 0.6 is 0 Å². The van der Waals surface area contributed by atoms with Crippen LogP contribution in [-0.2, 0) is 6.54 Å². The lowest BCUT2D eigenvalue weighted by molar-refractivity contribution is 0.341. The van der Waals surface area contributed by atoms with Crippen molar-refractivity contribution in [3.63, 3.8) is 0 Å². The molecular formula is C18H20FNO. The molecule has 0 bridgehead atoms. The molecule has 0 unspecified atom stereocenters. The minimum atomic E-state index is -0.152. The molecule has 0 saturated heterocycles. The first kappa shape index (κ1) is 14.1. The van der Waals surface area contributed by atoms with Crippen LogP contribution in [0.4, 0.5) is 4.39 Å². The summed E-state index contributed by atoms with van der Waals surface area (Å²) in [6.45, 7) is 3.17. The van der Waals surface area contributed by atoms with Crippen molar-refractivity contribution in [3.05, 3.63) is 53.8 Å². The summed E-state index contributed by atoms with van der Waals surface area (Å²) < 4.78 is 19.6. The molecule has 0 aromatic heterocycles. The summed E-state index contributed by atoms with van der Waals surface area (Å²) >= 11 is 0. The summed E-state index contributed by atoms with van der Waals surface area (Å²) in [4.78, 5) is 0. The van der Waals surface area contributed by atoms with Crippen molar-refractivity contribution >= 4 is 0 Å². The highest BCUT2D eigenvalue weighted by molar-refractivity contribution is 5.71. The minimum absolute atomic E-state index is 0.152. The van der Waals surface area contributed by atoms with E-state index < -0.39 is 0 Å². The lowest BCUT2D eigenvalue weighted by Gasteiger charge is -2.12. The highest BCUT2D eigenvalue weighted by Gasteiger charge is 2.20. The van der Waals surface area contributed by atoms with E-state index in [4.69, 9.17) is 4.74 Å². The zero-order valence-corrected chi connectivity index (χ0v) is 12.2. The topological polar surface area (TPSA) is 21.3 Å². The van der Waals surface area contributed by atoms with Gasteiger partial charge in [0.05, 0.1) is 6.61 Å². The van der Waals surface area contributed by atoms with Crippen LogP contribution in [0, 0.1) is 5.82 Å². The molecule has 2 aromatic carbocycles. The fraction of sp³-hybridized carbons (Fsp3) is 0.333. The molecule has 110 valence electrons. The first-order chi connectivity index (χ1) is 10.3. The van der Waals surface area contributed by atoms with E-state index in [1.54, 1.807) is 6.07 Å². The zero-order chi connectivity index (χ0) is 14.7. The van der Waals surface area contributed by atoms with Gasteiger partial charge in [0.1, 0.15) is 11.6 Å². The van der Waals surface area contributed by atoms with Crippen LogP contribution in [-0.4, -0.2) is 12.6 Å². The Morgan fingerprint density at radius 2 is 2.00 bits per heavy atom. The molecule has 1 N–H and O–H groups in total. The Balaban J connectivity index is 1.89. The molecule has 1 aliphatic carbocycles. The largest absolute Gasteiger partial charge is 0.493 e. The lowest BCUT2D eigenvalue weighted by Crippen LogP contribution is -2.16. The maximum atomic E-state index is 13.9. The summed E-state index contributed by atoms with van der Waals surface area (Å²) in [5.74, 6) is 0.688. The van der Waals surface area contributed by atoms with Crippen LogP contribution in [0.5, 0.6) is 5.75 Å². The predicted molar refractivity (Wildman–Crippen MR) is 82.9 cm³/mol. The average Bonchev–Trinajstić information content (AvgIpc) is 3.32. The van der Waals surface area contributed by atoms with E-state index >= 15 is 0 Å². The normalized spacial score (nSPS) is 14.2. The maximum absolute atomic E-state index is 13.9. The van der Waals surface area contributed by atoms with Gasteiger partial charge in [0, 0.05) is 23.7 Å². The molecule has 21 heavy (non-hydrogen) atoms. The summed E-state index contributed by atoms with van der Waals surface area (Å²) in [7, 11) is 0. The number of ether oxygens (including phenoxy) is 1. The number of halogens is 1. The second-order valence-corrected chi connectivity index (χ2v) is 5.39. The van der Waals surface area contributed by atoms with Crippen molar-refractivity contribution < 1.29 is 9.13 Å². The van der Waals surface area contributed by atoms with E-state index in [1.807, 2.05) is 43.3 Å². The van der Waals surface area contributed by atoms with Gasteiger partial charge < -0.3 is 10.1 Å². The third kappa shape index (κ3) is 3.42. The molecule has 3 heteroatoms. The van der Waals surface area contributed by atoms with Crippen LogP contribution < -0.4 is 10.1 Å². The highest BCUT2D eigenvalue weighted by Crippen LogP contribution is 2.31. The SMILES string of the molecule is CCOc1ccccc1-c1ccc(F)c(CNC2CC2)c1. The van der Waals surface area contributed by atoms with Crippen molar-refractivity contribution in [2.75, 3.05) is 6.61 Å². The Morgan fingerprint density at radius 1 is 1.19 bits per heavy atom. The molecule has 2 aromatic rings. The van der Waals surface area contributed by atoms with Gasteiger partial charge in [0.15, 0.2) is 0 Å². The van der Waals surface area contributed by atoms with Gasteiger partial charge in [-0.15, -0.1) is 0 Å². The molecule has 1 aliphatic rings. The first-order valence-electron chi connectivity index (χ1n) is 7.52. The van der Waals surface area contributed by atoms with Crippen molar-refractivity contribution in [2.24, 2.45) is 0 Å². The van der Waals surface area contributed by atoms with Gasteiger partial charge in [0.2, 0.25) is 0 Å². The van der Waals surface area contributed by atoms with Gasteiger partial charge in [-0.05, 0) is 43.5 Å². The van der Waals surface area contributed by atoms with Gasteiger partial charge >= 0.3 is 0 Å². The van der Waals surface area contributed by atoms with E-state index in [0.717, 1.165) is 16.9 Å². The Morgan fingerprint density at radius 3 is 2.76 bits per heavy atom. The molecule has 2 nitrogen and oxygen atoms in total. The van der Waals surface area contributed by atoms with Gasteiger partial charge in [-0.2, -0.15) is 0 Å². The number of hydrogen-bond donors (Lipinski definition) is 1. The molecule has 0 spiro atoms. The zero-order valence-electron chi connectivity index (χ0n) is 12.2. The molecule has 0 heterocycles. The van der Waals surface area contributed by atoms with Crippen LogP contribution in [0.25, 0.3) is 11.1 Å². The number of benzene rings is 2. The Bertz CT molecular complexity index is 622. The first-order valence-corrected chi connectivity index (χ1v) is 7.52. The summed E-state index contributed by atoms with van der Waals surface area (Å²) in [6, 6.07) is 13.7. The van der Waals surface area contributed by atoms with Crippen molar-refractivity contribution in [2.45, 2.75) is 32.4 Å². The van der Waals surface area contributed by atoms with Crippen molar-refractivity contribution in [3.8, 4) is 16.9 Å². The molecule has 3 rings (SSSR count). The van der Waals surface area contributed by atoms with Crippen molar-refractivity contribution in [1.82, 2.24) is 5.32 Å². The summed E-state index contributed by atoms with van der Waals surface area (Å²) in [5.41, 5.74) is 2.71. The fourth-order valence-corrected chi connectivity index (χ4v) is 2.41. The van der Waals surface area contributed by atoms with Crippen LogP contribution in [0.2, 0.25) is 0 Å². The second kappa shape index (κ2) is 6.27. The smallest absolute Gasteiger partial charge is 0.127 e. The molecule has 0 amide bonds. The highest BCUT2D eigenvalue weighted by atomic mass is 19.1. The molecule has 0 atom stereocenters. The average molecular weight is 285 g/mol. The van der Waals surface area contributed by atoms with Gasteiger partial charge in [0.25, 0.3) is 0 Å².